The minimum atomic E-state index is 0.723. The highest BCUT2D eigenvalue weighted by molar-refractivity contribution is 5.66. The van der Waals surface area contributed by atoms with E-state index < -0.39 is 0 Å². The Balaban J connectivity index is 1.77. The Kier molecular flexibility index (Phi) is 6.34. The lowest BCUT2D eigenvalue weighted by atomic mass is 10.1. The Labute approximate surface area is 167 Å². The smallest absolute Gasteiger partial charge is 0.209 e. The predicted octanol–water partition coefficient (Wildman–Crippen LogP) is 2.96. The number of carbonyl (C=O) groups excluding carboxylic acids is 1. The molecule has 0 bridgehead atoms. The van der Waals surface area contributed by atoms with E-state index >= 15 is 0 Å². The monoisotopic (exact) mass is 382 g/mol. The minimum absolute atomic E-state index is 0.723. The molecular formula is C21H30N6O. The molecule has 0 unspecified atom stereocenters. The SMILES string of the molecule is CCN(CC)c1ccc(Nc2cc(N3CCN(C=O)CC3)nc(C)n2)c(C)c1. The zero-order valence-electron chi connectivity index (χ0n) is 17.3. The van der Waals surface area contributed by atoms with Gasteiger partial charge in [0.15, 0.2) is 0 Å². The first-order chi connectivity index (χ1) is 13.5. The number of aromatic nitrogens is 2. The van der Waals surface area contributed by atoms with Gasteiger partial charge in [-0.05, 0) is 51.5 Å². The van der Waals surface area contributed by atoms with Gasteiger partial charge in [0.05, 0.1) is 0 Å². The van der Waals surface area contributed by atoms with E-state index in [1.54, 1.807) is 4.90 Å². The van der Waals surface area contributed by atoms with Gasteiger partial charge < -0.3 is 20.0 Å². The number of hydrogen-bond acceptors (Lipinski definition) is 6. The number of aryl methyl sites for hydroxylation is 2. The largest absolute Gasteiger partial charge is 0.372 e. The maximum absolute atomic E-state index is 10.9. The molecule has 0 saturated carbocycles. The van der Waals surface area contributed by atoms with Gasteiger partial charge >= 0.3 is 0 Å². The quantitative estimate of drug-likeness (QED) is 0.743. The van der Waals surface area contributed by atoms with Crippen LogP contribution in [0.15, 0.2) is 24.3 Å². The van der Waals surface area contributed by atoms with Crippen molar-refractivity contribution >= 4 is 29.4 Å². The van der Waals surface area contributed by atoms with E-state index in [2.05, 4.69) is 64.1 Å². The van der Waals surface area contributed by atoms with E-state index in [9.17, 15) is 4.79 Å². The van der Waals surface area contributed by atoms with Crippen LogP contribution in [-0.2, 0) is 4.79 Å². The number of benzene rings is 1. The first-order valence-corrected chi connectivity index (χ1v) is 9.96. The van der Waals surface area contributed by atoms with Crippen molar-refractivity contribution in [3.63, 3.8) is 0 Å². The number of amides is 1. The van der Waals surface area contributed by atoms with Gasteiger partial charge in [0.1, 0.15) is 17.5 Å². The molecule has 1 saturated heterocycles. The van der Waals surface area contributed by atoms with Gasteiger partial charge in [-0.3, -0.25) is 4.79 Å². The topological polar surface area (TPSA) is 64.6 Å². The summed E-state index contributed by atoms with van der Waals surface area (Å²) in [5, 5.41) is 3.45. The van der Waals surface area contributed by atoms with Crippen molar-refractivity contribution in [3.8, 4) is 0 Å². The van der Waals surface area contributed by atoms with Crippen LogP contribution in [-0.4, -0.2) is 60.5 Å². The normalized spacial score (nSPS) is 14.1. The first kappa shape index (κ1) is 19.9. The fourth-order valence-corrected chi connectivity index (χ4v) is 3.55. The molecule has 1 N–H and O–H groups in total. The van der Waals surface area contributed by atoms with Crippen LogP contribution in [0.25, 0.3) is 0 Å². The average Bonchev–Trinajstić information content (AvgIpc) is 2.70. The fourth-order valence-electron chi connectivity index (χ4n) is 3.55. The summed E-state index contributed by atoms with van der Waals surface area (Å²) in [6.07, 6.45) is 0.917. The van der Waals surface area contributed by atoms with Crippen LogP contribution in [0.3, 0.4) is 0 Å². The molecule has 1 aliphatic heterocycles. The molecule has 1 amide bonds. The average molecular weight is 383 g/mol. The first-order valence-electron chi connectivity index (χ1n) is 9.96. The van der Waals surface area contributed by atoms with E-state index in [4.69, 9.17) is 0 Å². The maximum atomic E-state index is 10.9. The zero-order valence-corrected chi connectivity index (χ0v) is 17.3. The third-order valence-electron chi connectivity index (χ3n) is 5.21. The molecule has 7 heteroatoms. The molecule has 2 heterocycles. The highest BCUT2D eigenvalue weighted by Gasteiger charge is 2.18. The molecule has 1 fully saturated rings. The van der Waals surface area contributed by atoms with Crippen molar-refractivity contribution in [3.05, 3.63) is 35.7 Å². The second-order valence-electron chi connectivity index (χ2n) is 7.08. The number of carbonyl (C=O) groups is 1. The van der Waals surface area contributed by atoms with Crippen molar-refractivity contribution in [1.82, 2.24) is 14.9 Å². The van der Waals surface area contributed by atoms with Gasteiger partial charge in [-0.1, -0.05) is 0 Å². The molecule has 1 aliphatic rings. The molecule has 1 aromatic carbocycles. The summed E-state index contributed by atoms with van der Waals surface area (Å²) in [5.41, 5.74) is 3.47. The molecule has 28 heavy (non-hydrogen) atoms. The molecule has 0 aliphatic carbocycles. The molecule has 7 nitrogen and oxygen atoms in total. The van der Waals surface area contributed by atoms with Gasteiger partial charge in [0.2, 0.25) is 6.41 Å². The summed E-state index contributed by atoms with van der Waals surface area (Å²) in [6, 6.07) is 8.46. The van der Waals surface area contributed by atoms with Crippen LogP contribution < -0.4 is 15.1 Å². The van der Waals surface area contributed by atoms with Gasteiger partial charge in [-0.2, -0.15) is 0 Å². The molecule has 0 radical (unpaired) electrons. The molecule has 150 valence electrons. The number of nitrogens with one attached hydrogen (secondary N) is 1. The Morgan fingerprint density at radius 3 is 2.39 bits per heavy atom. The Bertz CT molecular complexity index is 813. The van der Waals surface area contributed by atoms with Crippen molar-refractivity contribution in [1.29, 1.82) is 0 Å². The van der Waals surface area contributed by atoms with Crippen molar-refractivity contribution in [2.75, 3.05) is 54.4 Å². The predicted molar refractivity (Wildman–Crippen MR) is 115 cm³/mol. The van der Waals surface area contributed by atoms with Crippen molar-refractivity contribution in [2.45, 2.75) is 27.7 Å². The van der Waals surface area contributed by atoms with Crippen LogP contribution in [0.5, 0.6) is 0 Å². The lowest BCUT2D eigenvalue weighted by Gasteiger charge is -2.33. The van der Waals surface area contributed by atoms with Crippen LogP contribution in [0.2, 0.25) is 0 Å². The number of piperazine rings is 1. The summed E-state index contributed by atoms with van der Waals surface area (Å²) in [4.78, 5) is 26.4. The third-order valence-corrected chi connectivity index (χ3v) is 5.21. The van der Waals surface area contributed by atoms with E-state index in [0.717, 1.165) is 68.8 Å². The van der Waals surface area contributed by atoms with Gasteiger partial charge in [-0.25, -0.2) is 9.97 Å². The minimum Gasteiger partial charge on any atom is -0.372 e. The van der Waals surface area contributed by atoms with E-state index in [1.165, 1.54) is 11.3 Å². The molecule has 3 rings (SSSR count). The van der Waals surface area contributed by atoms with E-state index in [-0.39, 0.29) is 0 Å². The Hall–Kier alpha value is -2.83. The number of rotatable bonds is 7. The molecule has 0 spiro atoms. The van der Waals surface area contributed by atoms with E-state index in [0.29, 0.717) is 0 Å². The van der Waals surface area contributed by atoms with Gasteiger partial charge in [0, 0.05) is 56.7 Å². The van der Waals surface area contributed by atoms with Gasteiger partial charge in [0.25, 0.3) is 0 Å². The molecular weight excluding hydrogens is 352 g/mol. The van der Waals surface area contributed by atoms with E-state index in [1.807, 2.05) is 13.0 Å². The fraction of sp³-hybridized carbons (Fsp3) is 0.476. The van der Waals surface area contributed by atoms with Crippen LogP contribution in [0, 0.1) is 13.8 Å². The van der Waals surface area contributed by atoms with Crippen LogP contribution >= 0.6 is 0 Å². The van der Waals surface area contributed by atoms with Gasteiger partial charge in [-0.15, -0.1) is 0 Å². The zero-order chi connectivity index (χ0) is 20.1. The third kappa shape index (κ3) is 4.52. The maximum Gasteiger partial charge on any atom is 0.209 e. The number of hydrogen-bond donors (Lipinski definition) is 1. The van der Waals surface area contributed by atoms with Crippen LogP contribution in [0.1, 0.15) is 25.2 Å². The highest BCUT2D eigenvalue weighted by atomic mass is 16.1. The Morgan fingerprint density at radius 2 is 1.79 bits per heavy atom. The summed E-state index contributed by atoms with van der Waals surface area (Å²) < 4.78 is 0. The van der Waals surface area contributed by atoms with Crippen molar-refractivity contribution in [2.24, 2.45) is 0 Å². The summed E-state index contributed by atoms with van der Waals surface area (Å²) >= 11 is 0. The molecule has 1 aromatic heterocycles. The summed E-state index contributed by atoms with van der Waals surface area (Å²) in [7, 11) is 0. The standard InChI is InChI=1S/C21H30N6O/c1-5-26(6-2)18-7-8-19(16(3)13-18)24-20-14-21(23-17(4)22-20)27-11-9-25(15-28)10-12-27/h7-8,13-15H,5-6,9-12H2,1-4H3,(H,22,23,24). The summed E-state index contributed by atoms with van der Waals surface area (Å²) in [5.74, 6) is 2.42. The second-order valence-corrected chi connectivity index (χ2v) is 7.08. The Morgan fingerprint density at radius 1 is 1.07 bits per heavy atom. The summed E-state index contributed by atoms with van der Waals surface area (Å²) in [6.45, 7) is 13.4. The lowest BCUT2D eigenvalue weighted by molar-refractivity contribution is -0.118. The number of nitrogens with zero attached hydrogens (tertiary/aromatic N) is 5. The van der Waals surface area contributed by atoms with Crippen LogP contribution in [0.4, 0.5) is 23.0 Å². The second kappa shape index (κ2) is 8.91. The molecule has 0 atom stereocenters. The highest BCUT2D eigenvalue weighted by Crippen LogP contribution is 2.26. The van der Waals surface area contributed by atoms with Crippen molar-refractivity contribution < 1.29 is 4.79 Å². The molecule has 2 aromatic rings. The number of anilines is 4. The lowest BCUT2D eigenvalue weighted by Crippen LogP contribution is -2.46.